The van der Waals surface area contributed by atoms with Crippen molar-refractivity contribution < 1.29 is 24.2 Å². The standard InChI is InChI=1S/C29H46N2O5/c1-5-9-15-30(16-10-6-2)27(32)19-31-18-23(22-12-14-25-26(17-22)36-20-35-25)28(29(33)34)24(31)13-11-21(7-3)8-4/h12,14,17,21,23-24,28H,5-11,13,15-16,18-20H2,1-4H3,(H,33,34)/t23-,24+,28-/m1/s1. The molecule has 1 amide bonds. The number of carboxylic acid groups (broad SMARTS) is 1. The van der Waals surface area contributed by atoms with Gasteiger partial charge in [-0.1, -0.05) is 59.4 Å². The second-order valence-corrected chi connectivity index (χ2v) is 10.4. The maximum absolute atomic E-state index is 13.5. The first-order chi connectivity index (χ1) is 17.4. The molecular weight excluding hydrogens is 456 g/mol. The summed E-state index contributed by atoms with van der Waals surface area (Å²) >= 11 is 0. The minimum atomic E-state index is -0.781. The predicted molar refractivity (Wildman–Crippen MR) is 141 cm³/mol. The highest BCUT2D eigenvalue weighted by molar-refractivity contribution is 5.79. The van der Waals surface area contributed by atoms with Crippen molar-refractivity contribution in [1.82, 2.24) is 9.80 Å². The van der Waals surface area contributed by atoms with Crippen LogP contribution in [0.1, 0.15) is 90.5 Å². The molecule has 3 atom stereocenters. The number of hydrogen-bond acceptors (Lipinski definition) is 5. The van der Waals surface area contributed by atoms with Gasteiger partial charge in [-0.05, 0) is 49.3 Å². The van der Waals surface area contributed by atoms with Crippen molar-refractivity contribution in [2.75, 3.05) is 33.0 Å². The number of amides is 1. The molecule has 1 aromatic rings. The van der Waals surface area contributed by atoms with Gasteiger partial charge in [0.2, 0.25) is 12.7 Å². The van der Waals surface area contributed by atoms with Gasteiger partial charge in [-0.2, -0.15) is 0 Å². The number of rotatable bonds is 15. The first-order valence-corrected chi connectivity index (χ1v) is 14.1. The first kappa shape index (κ1) is 28.3. The van der Waals surface area contributed by atoms with E-state index < -0.39 is 11.9 Å². The van der Waals surface area contributed by atoms with Crippen molar-refractivity contribution >= 4 is 11.9 Å². The van der Waals surface area contributed by atoms with Gasteiger partial charge >= 0.3 is 5.97 Å². The van der Waals surface area contributed by atoms with Crippen LogP contribution in [0.2, 0.25) is 0 Å². The molecule has 0 aromatic heterocycles. The van der Waals surface area contributed by atoms with Gasteiger partial charge in [-0.15, -0.1) is 0 Å². The molecule has 7 nitrogen and oxygen atoms in total. The molecule has 7 heteroatoms. The number of aliphatic carboxylic acids is 1. The number of unbranched alkanes of at least 4 members (excludes halogenated alkanes) is 2. The van der Waals surface area contributed by atoms with Gasteiger partial charge in [0.15, 0.2) is 11.5 Å². The lowest BCUT2D eigenvalue weighted by Gasteiger charge is -2.30. The second-order valence-electron chi connectivity index (χ2n) is 10.4. The Morgan fingerprint density at radius 2 is 1.72 bits per heavy atom. The van der Waals surface area contributed by atoms with E-state index in [2.05, 4.69) is 32.6 Å². The number of benzene rings is 1. The number of hydrogen-bond donors (Lipinski definition) is 1. The van der Waals surface area contributed by atoms with Crippen molar-refractivity contribution in [2.24, 2.45) is 11.8 Å². The van der Waals surface area contributed by atoms with Gasteiger partial charge in [0.25, 0.3) is 0 Å². The Morgan fingerprint density at radius 1 is 1.06 bits per heavy atom. The Labute approximate surface area is 217 Å². The molecule has 202 valence electrons. The summed E-state index contributed by atoms with van der Waals surface area (Å²) < 4.78 is 11.0. The fourth-order valence-corrected chi connectivity index (χ4v) is 5.77. The SMILES string of the molecule is CCCCN(CCCC)C(=O)CN1C[C@H](c2ccc3c(c2)OCO3)[C@@H](C(=O)O)[C@@H]1CCC(CC)CC. The molecule has 1 fully saturated rings. The van der Waals surface area contributed by atoms with E-state index in [1.54, 1.807) is 0 Å². The third-order valence-corrected chi connectivity index (χ3v) is 8.14. The van der Waals surface area contributed by atoms with Crippen molar-refractivity contribution in [2.45, 2.75) is 91.0 Å². The molecule has 36 heavy (non-hydrogen) atoms. The largest absolute Gasteiger partial charge is 0.481 e. The maximum atomic E-state index is 13.5. The molecule has 2 aliphatic rings. The highest BCUT2D eigenvalue weighted by Gasteiger charge is 2.47. The van der Waals surface area contributed by atoms with Gasteiger partial charge in [0, 0.05) is 31.6 Å². The molecule has 0 saturated carbocycles. The van der Waals surface area contributed by atoms with E-state index in [-0.39, 0.29) is 31.2 Å². The van der Waals surface area contributed by atoms with Crippen LogP contribution in [0.5, 0.6) is 11.5 Å². The molecular formula is C29H46N2O5. The van der Waals surface area contributed by atoms with Gasteiger partial charge in [-0.3, -0.25) is 14.5 Å². The minimum absolute atomic E-state index is 0.125. The average Bonchev–Trinajstić information content (AvgIpc) is 3.49. The summed E-state index contributed by atoms with van der Waals surface area (Å²) in [5.74, 6) is 0.528. The summed E-state index contributed by atoms with van der Waals surface area (Å²) in [5.41, 5.74) is 0.947. The number of carboxylic acids is 1. The zero-order valence-corrected chi connectivity index (χ0v) is 22.7. The zero-order valence-electron chi connectivity index (χ0n) is 22.7. The van der Waals surface area contributed by atoms with Crippen LogP contribution in [0.3, 0.4) is 0 Å². The molecule has 0 unspecified atom stereocenters. The maximum Gasteiger partial charge on any atom is 0.308 e. The van der Waals surface area contributed by atoms with Crippen molar-refractivity contribution in [3.05, 3.63) is 23.8 Å². The van der Waals surface area contributed by atoms with Crippen LogP contribution in [0.15, 0.2) is 18.2 Å². The number of fused-ring (bicyclic) bond motifs is 1. The van der Waals surface area contributed by atoms with E-state index >= 15 is 0 Å². The predicted octanol–water partition coefficient (Wildman–Crippen LogP) is 5.53. The van der Waals surface area contributed by atoms with E-state index in [0.29, 0.717) is 24.0 Å². The summed E-state index contributed by atoms with van der Waals surface area (Å²) in [6.07, 6.45) is 8.03. The number of likely N-dealkylation sites (tertiary alicyclic amines) is 1. The zero-order chi connectivity index (χ0) is 26.1. The van der Waals surface area contributed by atoms with E-state index in [9.17, 15) is 14.7 Å². The van der Waals surface area contributed by atoms with E-state index in [1.807, 2.05) is 23.1 Å². The number of carbonyl (C=O) groups excluding carboxylic acids is 1. The molecule has 0 spiro atoms. The van der Waals surface area contributed by atoms with Gasteiger partial charge in [0.1, 0.15) is 0 Å². The topological polar surface area (TPSA) is 79.3 Å². The van der Waals surface area contributed by atoms with Crippen molar-refractivity contribution in [3.63, 3.8) is 0 Å². The number of ether oxygens (including phenoxy) is 2. The van der Waals surface area contributed by atoms with Crippen LogP contribution in [0, 0.1) is 11.8 Å². The Balaban J connectivity index is 1.86. The monoisotopic (exact) mass is 502 g/mol. The quantitative estimate of drug-likeness (QED) is 0.340. The normalized spacial score (nSPS) is 21.3. The Kier molecular flexibility index (Phi) is 10.9. The van der Waals surface area contributed by atoms with Crippen molar-refractivity contribution in [1.29, 1.82) is 0 Å². The molecule has 1 N–H and O–H groups in total. The third kappa shape index (κ3) is 6.93. The highest BCUT2D eigenvalue weighted by Crippen LogP contribution is 2.43. The Morgan fingerprint density at radius 3 is 2.33 bits per heavy atom. The average molecular weight is 503 g/mol. The Bertz CT molecular complexity index is 848. The van der Waals surface area contributed by atoms with Gasteiger partial charge in [0.05, 0.1) is 12.5 Å². The molecule has 0 radical (unpaired) electrons. The molecule has 0 aliphatic carbocycles. The minimum Gasteiger partial charge on any atom is -0.481 e. The summed E-state index contributed by atoms with van der Waals surface area (Å²) in [5, 5.41) is 10.4. The molecule has 3 rings (SSSR count). The lowest BCUT2D eigenvalue weighted by Crippen LogP contribution is -2.44. The van der Waals surface area contributed by atoms with Crippen LogP contribution in [0.4, 0.5) is 0 Å². The molecule has 0 bridgehead atoms. The van der Waals surface area contributed by atoms with Gasteiger partial charge in [-0.25, -0.2) is 0 Å². The number of carbonyl (C=O) groups is 2. The fourth-order valence-electron chi connectivity index (χ4n) is 5.77. The van der Waals surface area contributed by atoms with E-state index in [1.165, 1.54) is 0 Å². The van der Waals surface area contributed by atoms with Crippen LogP contribution in [-0.4, -0.2) is 65.8 Å². The van der Waals surface area contributed by atoms with Crippen LogP contribution < -0.4 is 9.47 Å². The third-order valence-electron chi connectivity index (χ3n) is 8.14. The Hall–Kier alpha value is -2.28. The van der Waals surface area contributed by atoms with E-state index in [4.69, 9.17) is 9.47 Å². The molecule has 1 saturated heterocycles. The van der Waals surface area contributed by atoms with Gasteiger partial charge < -0.3 is 19.5 Å². The second kappa shape index (κ2) is 13.9. The number of nitrogens with zero attached hydrogens (tertiary/aromatic N) is 2. The molecule has 2 heterocycles. The summed E-state index contributed by atoms with van der Waals surface area (Å²) in [7, 11) is 0. The van der Waals surface area contributed by atoms with Crippen LogP contribution >= 0.6 is 0 Å². The smallest absolute Gasteiger partial charge is 0.308 e. The molecule has 1 aromatic carbocycles. The highest BCUT2D eigenvalue weighted by atomic mass is 16.7. The summed E-state index contributed by atoms with van der Waals surface area (Å²) in [6.45, 7) is 11.3. The summed E-state index contributed by atoms with van der Waals surface area (Å²) in [4.78, 5) is 30.3. The summed E-state index contributed by atoms with van der Waals surface area (Å²) in [6, 6.07) is 5.61. The van der Waals surface area contributed by atoms with E-state index in [0.717, 1.165) is 70.0 Å². The fraction of sp³-hybridized carbons (Fsp3) is 0.724. The van der Waals surface area contributed by atoms with Crippen LogP contribution in [0.25, 0.3) is 0 Å². The van der Waals surface area contributed by atoms with Crippen molar-refractivity contribution in [3.8, 4) is 11.5 Å². The lowest BCUT2D eigenvalue weighted by atomic mass is 9.82. The lowest BCUT2D eigenvalue weighted by molar-refractivity contribution is -0.144. The van der Waals surface area contributed by atoms with Crippen LogP contribution in [-0.2, 0) is 9.59 Å². The molecule has 2 aliphatic heterocycles. The first-order valence-electron chi connectivity index (χ1n) is 14.1.